The number of Topliss-reactive ketones (excluding diaryl/α,β-unsaturated/α-hetero) is 1. The molecule has 1 amide bonds. The molecule has 9 nitrogen and oxygen atoms in total. The Balaban J connectivity index is 1.39. The Kier molecular flexibility index (Phi) is 6.58. The maximum atomic E-state index is 13.3. The lowest BCUT2D eigenvalue weighted by molar-refractivity contribution is -0.121. The fourth-order valence-electron chi connectivity index (χ4n) is 4.22. The van der Waals surface area contributed by atoms with Crippen LogP contribution in [0.25, 0.3) is 10.2 Å². The van der Waals surface area contributed by atoms with E-state index in [-0.39, 0.29) is 36.8 Å². The van der Waals surface area contributed by atoms with Gasteiger partial charge in [0.05, 0.1) is 23.9 Å². The zero-order valence-corrected chi connectivity index (χ0v) is 21.0. The largest absolute Gasteiger partial charge is 0.482 e. The number of rotatable bonds is 7. The van der Waals surface area contributed by atoms with E-state index in [1.807, 2.05) is 37.3 Å². The van der Waals surface area contributed by atoms with Crippen molar-refractivity contribution >= 4 is 44.9 Å². The highest BCUT2D eigenvalue weighted by atomic mass is 32.1. The summed E-state index contributed by atoms with van der Waals surface area (Å²) in [6, 6.07) is 14.2. The predicted molar refractivity (Wildman–Crippen MR) is 138 cm³/mol. The number of amides is 1. The van der Waals surface area contributed by atoms with Crippen molar-refractivity contribution in [3.63, 3.8) is 0 Å². The number of carbonyl (C=O) groups excluding carboxylic acids is 3. The van der Waals surface area contributed by atoms with Gasteiger partial charge in [0.1, 0.15) is 22.1 Å². The molecule has 0 atom stereocenters. The van der Waals surface area contributed by atoms with Crippen LogP contribution in [0.2, 0.25) is 0 Å². The van der Waals surface area contributed by atoms with Crippen LogP contribution in [0, 0.1) is 6.92 Å². The standard InChI is InChI=1S/C27H23N3O6S/c1-3-30-19-11-18(9-10-21(19)35-14-22(30)32)20(31)12-29-15-28-25-23(26(29)33)16(2)24(37-25)27(34)36-13-17-7-5-4-6-8-17/h4-11,15H,3,12-14H2,1-2H3. The normalized spacial score (nSPS) is 12.8. The first-order valence-electron chi connectivity index (χ1n) is 11.7. The Morgan fingerprint density at radius 3 is 2.68 bits per heavy atom. The predicted octanol–water partition coefficient (Wildman–Crippen LogP) is 3.75. The van der Waals surface area contributed by atoms with Gasteiger partial charge in [-0.05, 0) is 43.2 Å². The zero-order chi connectivity index (χ0) is 26.1. The van der Waals surface area contributed by atoms with E-state index in [0.29, 0.717) is 38.8 Å². The Hall–Kier alpha value is -4.31. The van der Waals surface area contributed by atoms with E-state index in [4.69, 9.17) is 9.47 Å². The Bertz CT molecular complexity index is 1590. The van der Waals surface area contributed by atoms with Crippen LogP contribution < -0.4 is 15.2 Å². The SMILES string of the molecule is CCN1C(=O)COc2ccc(C(=O)Cn3cnc4sc(C(=O)OCc5ccccc5)c(C)c4c3=O)cc21. The highest BCUT2D eigenvalue weighted by Gasteiger charge is 2.26. The number of anilines is 1. The summed E-state index contributed by atoms with van der Waals surface area (Å²) in [5.41, 5.74) is 1.78. The molecule has 5 rings (SSSR count). The molecule has 0 aliphatic carbocycles. The smallest absolute Gasteiger partial charge is 0.349 e. The number of fused-ring (bicyclic) bond motifs is 2. The van der Waals surface area contributed by atoms with Crippen LogP contribution >= 0.6 is 11.3 Å². The number of carbonyl (C=O) groups is 3. The fourth-order valence-corrected chi connectivity index (χ4v) is 5.26. The topological polar surface area (TPSA) is 108 Å². The van der Waals surface area contributed by atoms with Gasteiger partial charge < -0.3 is 14.4 Å². The van der Waals surface area contributed by atoms with Crippen molar-refractivity contribution in [2.24, 2.45) is 0 Å². The van der Waals surface area contributed by atoms with E-state index in [0.717, 1.165) is 16.9 Å². The van der Waals surface area contributed by atoms with Gasteiger partial charge in [0.25, 0.3) is 11.5 Å². The van der Waals surface area contributed by atoms with Crippen molar-refractivity contribution in [2.75, 3.05) is 18.1 Å². The second kappa shape index (κ2) is 9.98. The van der Waals surface area contributed by atoms with Gasteiger partial charge >= 0.3 is 5.97 Å². The number of ketones is 1. The number of ether oxygens (including phenoxy) is 2. The van der Waals surface area contributed by atoms with Gasteiger partial charge in [0, 0.05) is 12.1 Å². The van der Waals surface area contributed by atoms with Crippen molar-refractivity contribution in [1.82, 2.24) is 9.55 Å². The number of aromatic nitrogens is 2. The number of esters is 1. The van der Waals surface area contributed by atoms with Crippen molar-refractivity contribution in [2.45, 2.75) is 27.0 Å². The van der Waals surface area contributed by atoms with Crippen molar-refractivity contribution < 1.29 is 23.9 Å². The van der Waals surface area contributed by atoms with Crippen LogP contribution in [0.4, 0.5) is 5.69 Å². The van der Waals surface area contributed by atoms with Crippen LogP contribution in [-0.4, -0.2) is 40.4 Å². The molecule has 0 spiro atoms. The monoisotopic (exact) mass is 517 g/mol. The maximum Gasteiger partial charge on any atom is 0.349 e. The molecule has 188 valence electrons. The molecule has 37 heavy (non-hydrogen) atoms. The summed E-state index contributed by atoms with van der Waals surface area (Å²) in [5, 5.41) is 0.286. The molecule has 0 radical (unpaired) electrons. The first-order valence-corrected chi connectivity index (χ1v) is 12.5. The summed E-state index contributed by atoms with van der Waals surface area (Å²) in [6.07, 6.45) is 1.31. The van der Waals surface area contributed by atoms with Crippen LogP contribution in [0.1, 0.15) is 38.1 Å². The van der Waals surface area contributed by atoms with E-state index in [1.54, 1.807) is 30.0 Å². The second-order valence-electron chi connectivity index (χ2n) is 8.51. The molecule has 1 aliphatic heterocycles. The van der Waals surface area contributed by atoms with E-state index in [1.165, 1.54) is 10.9 Å². The van der Waals surface area contributed by atoms with Crippen LogP contribution in [0.5, 0.6) is 5.75 Å². The second-order valence-corrected chi connectivity index (χ2v) is 9.51. The first-order chi connectivity index (χ1) is 17.9. The van der Waals surface area contributed by atoms with Gasteiger partial charge in [-0.2, -0.15) is 0 Å². The molecule has 10 heteroatoms. The third-order valence-corrected chi connectivity index (χ3v) is 7.35. The third-order valence-electron chi connectivity index (χ3n) is 6.17. The van der Waals surface area contributed by atoms with Gasteiger partial charge in [-0.15, -0.1) is 11.3 Å². The van der Waals surface area contributed by atoms with E-state index in [2.05, 4.69) is 4.98 Å². The number of thiophene rings is 1. The van der Waals surface area contributed by atoms with E-state index in [9.17, 15) is 19.2 Å². The summed E-state index contributed by atoms with van der Waals surface area (Å²) in [6.45, 7) is 3.79. The average molecular weight is 518 g/mol. The highest BCUT2D eigenvalue weighted by Crippen LogP contribution is 2.33. The zero-order valence-electron chi connectivity index (χ0n) is 20.2. The van der Waals surface area contributed by atoms with E-state index >= 15 is 0 Å². The van der Waals surface area contributed by atoms with Crippen LogP contribution in [-0.2, 0) is 22.7 Å². The number of hydrogen-bond donors (Lipinski definition) is 0. The molecule has 0 saturated heterocycles. The number of benzene rings is 2. The molecule has 0 unspecified atom stereocenters. The molecule has 2 aromatic heterocycles. The third kappa shape index (κ3) is 4.63. The minimum atomic E-state index is -0.530. The number of aryl methyl sites for hydroxylation is 1. The molecular weight excluding hydrogens is 494 g/mol. The molecule has 0 N–H and O–H groups in total. The Labute approximate surface area is 215 Å². The Morgan fingerprint density at radius 2 is 1.92 bits per heavy atom. The van der Waals surface area contributed by atoms with Gasteiger partial charge in [-0.3, -0.25) is 19.0 Å². The lowest BCUT2D eigenvalue weighted by Crippen LogP contribution is -2.38. The number of hydrogen-bond acceptors (Lipinski definition) is 8. The van der Waals surface area contributed by atoms with Crippen molar-refractivity contribution in [1.29, 1.82) is 0 Å². The van der Waals surface area contributed by atoms with Crippen LogP contribution in [0.15, 0.2) is 59.7 Å². The Morgan fingerprint density at radius 1 is 1.14 bits per heavy atom. The lowest BCUT2D eigenvalue weighted by atomic mass is 10.1. The van der Waals surface area contributed by atoms with E-state index < -0.39 is 11.5 Å². The quantitative estimate of drug-likeness (QED) is 0.271. The number of nitrogens with zero attached hydrogens (tertiary/aromatic N) is 3. The van der Waals surface area contributed by atoms with Crippen molar-refractivity contribution in [3.05, 3.63) is 86.8 Å². The molecule has 1 aliphatic rings. The summed E-state index contributed by atoms with van der Waals surface area (Å²) in [7, 11) is 0. The molecule has 0 saturated carbocycles. The van der Waals surface area contributed by atoms with Gasteiger partial charge in [-0.1, -0.05) is 30.3 Å². The molecule has 4 aromatic rings. The minimum Gasteiger partial charge on any atom is -0.482 e. The minimum absolute atomic E-state index is 0.0447. The molecule has 2 aromatic carbocycles. The molecule has 0 fully saturated rings. The lowest BCUT2D eigenvalue weighted by Gasteiger charge is -2.28. The van der Waals surface area contributed by atoms with Crippen LogP contribution in [0.3, 0.4) is 0 Å². The van der Waals surface area contributed by atoms with Gasteiger partial charge in [0.2, 0.25) is 0 Å². The number of likely N-dealkylation sites (N-methyl/N-ethyl adjacent to an activating group) is 1. The summed E-state index contributed by atoms with van der Waals surface area (Å²) in [4.78, 5) is 57.8. The summed E-state index contributed by atoms with van der Waals surface area (Å²) < 4.78 is 12.1. The summed E-state index contributed by atoms with van der Waals surface area (Å²) in [5.74, 6) is -0.511. The molecule has 3 heterocycles. The van der Waals surface area contributed by atoms with Gasteiger partial charge in [-0.25, -0.2) is 9.78 Å². The average Bonchev–Trinajstić information content (AvgIpc) is 3.26. The first kappa shape index (κ1) is 24.4. The summed E-state index contributed by atoms with van der Waals surface area (Å²) >= 11 is 1.09. The molecule has 0 bridgehead atoms. The highest BCUT2D eigenvalue weighted by molar-refractivity contribution is 7.20. The molecular formula is C27H23N3O6S. The van der Waals surface area contributed by atoms with Crippen molar-refractivity contribution in [3.8, 4) is 5.75 Å². The van der Waals surface area contributed by atoms with Gasteiger partial charge in [0.15, 0.2) is 12.4 Å². The maximum absolute atomic E-state index is 13.3. The fraction of sp³-hybridized carbons (Fsp3) is 0.222.